The van der Waals surface area contributed by atoms with Crippen molar-refractivity contribution in [1.82, 2.24) is 0 Å². The van der Waals surface area contributed by atoms with Gasteiger partial charge in [-0.3, -0.25) is 0 Å². The first kappa shape index (κ1) is 15.6. The Bertz CT molecular complexity index is 718. The molecular weight excluding hydrogens is 350 g/mol. The second-order valence-electron chi connectivity index (χ2n) is 4.25. The maximum absolute atomic E-state index is 12.5. The fraction of sp³-hybridized carbons (Fsp3) is 0. The summed E-state index contributed by atoms with van der Waals surface area (Å²) in [4.78, 5) is 19.7. The van der Waals surface area contributed by atoms with E-state index in [1.807, 2.05) is 0 Å². The largest absolute Gasteiger partial charge is 0.596 e. The maximum atomic E-state index is 12.5. The first-order valence-corrected chi connectivity index (χ1v) is 9.76. The molecule has 0 spiro atoms. The molecule has 0 aromatic heterocycles. The van der Waals surface area contributed by atoms with Crippen molar-refractivity contribution in [3.63, 3.8) is 0 Å². The van der Waals surface area contributed by atoms with E-state index in [4.69, 9.17) is 18.8 Å². The zero-order valence-corrected chi connectivity index (χ0v) is 13.5. The van der Waals surface area contributed by atoms with Crippen molar-refractivity contribution in [1.29, 1.82) is 0 Å². The molecule has 4 bridgehead atoms. The summed E-state index contributed by atoms with van der Waals surface area (Å²) >= 11 is 1.51. The summed E-state index contributed by atoms with van der Waals surface area (Å²) in [7, 11) is -9.63. The highest BCUT2D eigenvalue weighted by molar-refractivity contribution is 7.99. The van der Waals surface area contributed by atoms with Gasteiger partial charge in [0.05, 0.1) is 0 Å². The van der Waals surface area contributed by atoms with Gasteiger partial charge in [-0.25, -0.2) is 9.13 Å². The Kier molecular flexibility index (Phi) is 4.07. The van der Waals surface area contributed by atoms with E-state index < -0.39 is 15.6 Å². The molecule has 10 heteroatoms. The highest BCUT2D eigenvalue weighted by Crippen LogP contribution is 2.60. The van der Waals surface area contributed by atoms with Gasteiger partial charge in [-0.05, 0) is 48.5 Å². The van der Waals surface area contributed by atoms with Crippen molar-refractivity contribution in [3.8, 4) is 11.5 Å². The molecule has 0 amide bonds. The van der Waals surface area contributed by atoms with Crippen LogP contribution in [0.15, 0.2) is 58.3 Å². The van der Waals surface area contributed by atoms with Gasteiger partial charge in [0.15, 0.2) is 0 Å². The molecule has 2 N–H and O–H groups in total. The molecule has 6 rings (SSSR count). The molecule has 0 fully saturated rings. The van der Waals surface area contributed by atoms with Crippen LogP contribution in [-0.4, -0.2) is 9.79 Å². The van der Waals surface area contributed by atoms with E-state index in [1.54, 1.807) is 24.3 Å². The highest BCUT2D eigenvalue weighted by atomic mass is 32.2. The highest BCUT2D eigenvalue weighted by Gasteiger charge is 2.39. The van der Waals surface area contributed by atoms with Crippen molar-refractivity contribution < 1.29 is 32.3 Å². The van der Waals surface area contributed by atoms with E-state index in [-0.39, 0.29) is 11.5 Å². The van der Waals surface area contributed by atoms with Crippen LogP contribution in [0, 0.1) is 0 Å². The molecule has 4 aliphatic heterocycles. The van der Waals surface area contributed by atoms with Crippen LogP contribution < -0.4 is 9.05 Å². The van der Waals surface area contributed by atoms with Gasteiger partial charge in [0.25, 0.3) is 0 Å². The molecule has 116 valence electrons. The third-order valence-corrected chi connectivity index (χ3v) is 6.06. The Balaban J connectivity index is 2.06. The van der Waals surface area contributed by atoms with Gasteiger partial charge in [-0.1, -0.05) is 11.8 Å². The van der Waals surface area contributed by atoms with Gasteiger partial charge in [0.1, 0.15) is 11.5 Å². The van der Waals surface area contributed by atoms with E-state index in [1.165, 1.54) is 36.0 Å². The Hall–Kier alpha value is -1.27. The van der Waals surface area contributed by atoms with Gasteiger partial charge in [-0.15, -0.1) is 0 Å². The smallest absolute Gasteiger partial charge is 0.395 e. The molecule has 2 aromatic rings. The molecule has 0 saturated heterocycles. The molecule has 0 saturated carbocycles. The lowest BCUT2D eigenvalue weighted by atomic mass is 10.3. The van der Waals surface area contributed by atoms with Crippen LogP contribution in [0.3, 0.4) is 0 Å². The Morgan fingerprint density at radius 1 is 0.909 bits per heavy atom. The minimum absolute atomic E-state index is 0.108. The van der Waals surface area contributed by atoms with Crippen LogP contribution >= 0.6 is 27.4 Å². The van der Waals surface area contributed by atoms with Crippen molar-refractivity contribution in [3.05, 3.63) is 48.5 Å². The molecule has 0 radical (unpaired) electrons. The zero-order valence-electron chi connectivity index (χ0n) is 10.9. The normalized spacial score (nSPS) is 16.3. The molecule has 22 heavy (non-hydrogen) atoms. The van der Waals surface area contributed by atoms with Crippen molar-refractivity contribution in [2.45, 2.75) is 9.79 Å². The zero-order chi connectivity index (χ0) is 15.8. The second kappa shape index (κ2) is 5.74. The predicted octanol–water partition coefficient (Wildman–Crippen LogP) is 3.83. The van der Waals surface area contributed by atoms with E-state index in [0.717, 1.165) is 9.79 Å². The lowest BCUT2D eigenvalue weighted by Crippen LogP contribution is -2.04. The first-order chi connectivity index (χ1) is 10.3. The average molecular weight is 360 g/mol. The van der Waals surface area contributed by atoms with Gasteiger partial charge in [0, 0.05) is 9.79 Å². The lowest BCUT2D eigenvalue weighted by Gasteiger charge is -2.20. The summed E-state index contributed by atoms with van der Waals surface area (Å²) in [6, 6.07) is 12.9. The average Bonchev–Trinajstić information content (AvgIpc) is 2.39. The maximum Gasteiger partial charge on any atom is 0.596 e. The first-order valence-electron chi connectivity index (χ1n) is 5.95. The molecule has 7 nitrogen and oxygen atoms in total. The van der Waals surface area contributed by atoms with Gasteiger partial charge in [-0.2, -0.15) is 4.31 Å². The molecule has 2 aromatic carbocycles. The minimum atomic E-state index is -5.08. The molecule has 0 aliphatic carbocycles. The van der Waals surface area contributed by atoms with Crippen LogP contribution in [0.25, 0.3) is 0 Å². The van der Waals surface area contributed by atoms with Crippen molar-refractivity contribution >= 4 is 27.4 Å². The van der Waals surface area contributed by atoms with Gasteiger partial charge < -0.3 is 18.8 Å². The molecule has 0 atom stereocenters. The van der Waals surface area contributed by atoms with Crippen LogP contribution in [0.4, 0.5) is 0 Å². The second-order valence-corrected chi connectivity index (χ2v) is 8.29. The van der Waals surface area contributed by atoms with E-state index in [2.05, 4.69) is 4.31 Å². The summed E-state index contributed by atoms with van der Waals surface area (Å²) in [5, 5.41) is 0. The number of phosphoric ester groups is 1. The molecule has 4 aliphatic rings. The third kappa shape index (κ3) is 3.93. The monoisotopic (exact) mass is 360 g/mol. The fourth-order valence-corrected chi connectivity index (χ4v) is 4.64. The molecular formula is C12H10O7P2S. The third-order valence-electron chi connectivity index (χ3n) is 2.52. The van der Waals surface area contributed by atoms with Crippen LogP contribution in [0.2, 0.25) is 0 Å². The van der Waals surface area contributed by atoms with Crippen LogP contribution in [0.1, 0.15) is 0 Å². The van der Waals surface area contributed by atoms with Crippen LogP contribution in [0.5, 0.6) is 11.5 Å². The minimum Gasteiger partial charge on any atom is -0.395 e. The van der Waals surface area contributed by atoms with E-state index in [9.17, 15) is 9.13 Å². The summed E-state index contributed by atoms with van der Waals surface area (Å²) in [6.07, 6.45) is 0. The summed E-state index contributed by atoms with van der Waals surface area (Å²) in [5.74, 6) is 0.215. The summed E-state index contributed by atoms with van der Waals surface area (Å²) in [6.45, 7) is 0. The van der Waals surface area contributed by atoms with E-state index in [0.29, 0.717) is 0 Å². The Morgan fingerprint density at radius 2 is 1.32 bits per heavy atom. The number of rotatable bonds is 2. The topological polar surface area (TPSA) is 102 Å². The lowest BCUT2D eigenvalue weighted by molar-refractivity contribution is 0.233. The van der Waals surface area contributed by atoms with Crippen molar-refractivity contribution in [2.24, 2.45) is 0 Å². The van der Waals surface area contributed by atoms with Gasteiger partial charge >= 0.3 is 15.6 Å². The van der Waals surface area contributed by atoms with E-state index >= 15 is 0 Å². The van der Waals surface area contributed by atoms with Crippen molar-refractivity contribution in [2.75, 3.05) is 0 Å². The fourth-order valence-electron chi connectivity index (χ4n) is 1.71. The number of hydrogen-bond donors (Lipinski definition) is 2. The summed E-state index contributed by atoms with van der Waals surface area (Å²) in [5.41, 5.74) is 0. The standard InChI is InChI=1S/C12H10O7P2S/c13-20(14,15)19-21(16)17-9-1-5-11(6-2-9)22-12-7-3-10(18-21)4-8-12/h1-8H,(H2,13,14,15). The number of benzene rings is 2. The molecule has 4 heterocycles. The Morgan fingerprint density at radius 3 is 1.68 bits per heavy atom. The number of phosphoric acid groups is 2. The SMILES string of the molecule is O=P(O)(O)OP1(=O)Oc2ccc(cc2)Sc2ccc(cc2)O1. The quantitative estimate of drug-likeness (QED) is 0.779. The predicted molar refractivity (Wildman–Crippen MR) is 79.0 cm³/mol. The Labute approximate surface area is 130 Å². The number of hydrogen-bond acceptors (Lipinski definition) is 6. The summed E-state index contributed by atoms with van der Waals surface area (Å²) < 4.78 is 37.9. The van der Waals surface area contributed by atoms with Crippen LogP contribution in [-0.2, 0) is 13.4 Å². The van der Waals surface area contributed by atoms with Gasteiger partial charge in [0.2, 0.25) is 0 Å². The molecule has 0 unspecified atom stereocenters.